The molecule has 19 heavy (non-hydrogen) atoms. The zero-order valence-corrected chi connectivity index (χ0v) is 11.0. The van der Waals surface area contributed by atoms with Crippen molar-refractivity contribution in [2.75, 3.05) is 25.6 Å². The highest BCUT2D eigenvalue weighted by Gasteiger charge is 2.10. The van der Waals surface area contributed by atoms with E-state index in [0.717, 1.165) is 12.1 Å². The van der Waals surface area contributed by atoms with E-state index in [1.165, 1.54) is 5.56 Å². The molecule has 0 amide bonds. The molecule has 0 aliphatic heterocycles. The summed E-state index contributed by atoms with van der Waals surface area (Å²) in [4.78, 5) is 0. The molecule has 1 unspecified atom stereocenters. The molecule has 2 N–H and O–H groups in total. The molecule has 0 aliphatic carbocycles. The molecular formula is C15H19NO3. The number of aliphatic hydroxyl groups is 1. The van der Waals surface area contributed by atoms with Crippen molar-refractivity contribution in [2.45, 2.75) is 12.5 Å². The van der Waals surface area contributed by atoms with Crippen LogP contribution in [-0.2, 0) is 11.2 Å². The van der Waals surface area contributed by atoms with Gasteiger partial charge < -0.3 is 19.6 Å². The highest BCUT2D eigenvalue weighted by Crippen LogP contribution is 2.18. The number of benzene rings is 1. The number of furan rings is 1. The maximum Gasteiger partial charge on any atom is 0.134 e. The van der Waals surface area contributed by atoms with E-state index >= 15 is 0 Å². The average molecular weight is 261 g/mol. The lowest BCUT2D eigenvalue weighted by atomic mass is 10.1. The highest BCUT2D eigenvalue weighted by atomic mass is 16.5. The lowest BCUT2D eigenvalue weighted by Gasteiger charge is -2.14. The molecule has 1 heterocycles. The molecule has 0 radical (unpaired) electrons. The van der Waals surface area contributed by atoms with Gasteiger partial charge in [0, 0.05) is 19.3 Å². The summed E-state index contributed by atoms with van der Waals surface area (Å²) in [6, 6.07) is 11.6. The van der Waals surface area contributed by atoms with Crippen LogP contribution < -0.4 is 5.32 Å². The Morgan fingerprint density at radius 2 is 2.11 bits per heavy atom. The van der Waals surface area contributed by atoms with Gasteiger partial charge in [-0.3, -0.25) is 0 Å². The van der Waals surface area contributed by atoms with Crippen LogP contribution in [0, 0.1) is 0 Å². The van der Waals surface area contributed by atoms with Gasteiger partial charge in [0.05, 0.1) is 12.9 Å². The fraction of sp³-hybridized carbons (Fsp3) is 0.333. The predicted molar refractivity (Wildman–Crippen MR) is 74.2 cm³/mol. The Balaban J connectivity index is 1.95. The Morgan fingerprint density at radius 1 is 1.26 bits per heavy atom. The van der Waals surface area contributed by atoms with Crippen LogP contribution in [0.4, 0.5) is 5.69 Å². The number of hydrogen-bond donors (Lipinski definition) is 2. The summed E-state index contributed by atoms with van der Waals surface area (Å²) in [5.74, 6) is 0.571. The van der Waals surface area contributed by atoms with Gasteiger partial charge in [0.1, 0.15) is 11.9 Å². The highest BCUT2D eigenvalue weighted by molar-refractivity contribution is 5.51. The van der Waals surface area contributed by atoms with Crippen LogP contribution in [0.3, 0.4) is 0 Å². The van der Waals surface area contributed by atoms with Gasteiger partial charge in [0.25, 0.3) is 0 Å². The van der Waals surface area contributed by atoms with Crippen molar-refractivity contribution >= 4 is 5.69 Å². The SMILES string of the molecule is COCCc1ccccc1NCC(O)c1ccco1. The number of nitrogens with one attached hydrogen (secondary N) is 1. The Morgan fingerprint density at radius 3 is 2.84 bits per heavy atom. The number of anilines is 1. The van der Waals surface area contributed by atoms with E-state index in [2.05, 4.69) is 11.4 Å². The van der Waals surface area contributed by atoms with Gasteiger partial charge in [-0.25, -0.2) is 0 Å². The molecule has 0 saturated heterocycles. The van der Waals surface area contributed by atoms with E-state index in [1.807, 2.05) is 18.2 Å². The molecule has 1 atom stereocenters. The van der Waals surface area contributed by atoms with Gasteiger partial charge in [-0.2, -0.15) is 0 Å². The van der Waals surface area contributed by atoms with E-state index in [-0.39, 0.29) is 0 Å². The minimum absolute atomic E-state index is 0.414. The minimum atomic E-state index is -0.648. The number of para-hydroxylation sites is 1. The topological polar surface area (TPSA) is 54.6 Å². The van der Waals surface area contributed by atoms with Crippen molar-refractivity contribution in [1.29, 1.82) is 0 Å². The van der Waals surface area contributed by atoms with Gasteiger partial charge in [-0.15, -0.1) is 0 Å². The van der Waals surface area contributed by atoms with E-state index in [0.29, 0.717) is 18.9 Å². The first-order valence-corrected chi connectivity index (χ1v) is 6.33. The molecule has 4 nitrogen and oxygen atoms in total. The molecule has 2 aromatic rings. The summed E-state index contributed by atoms with van der Waals surface area (Å²) in [5, 5.41) is 13.2. The standard InChI is InChI=1S/C15H19NO3/c1-18-10-8-12-5-2-3-6-13(12)16-11-14(17)15-7-4-9-19-15/h2-7,9,14,16-17H,8,10-11H2,1H3. The quantitative estimate of drug-likeness (QED) is 0.804. The molecule has 0 aliphatic rings. The fourth-order valence-corrected chi connectivity index (χ4v) is 1.91. The van der Waals surface area contributed by atoms with Crippen molar-refractivity contribution in [3.05, 3.63) is 54.0 Å². The molecule has 1 aromatic heterocycles. The van der Waals surface area contributed by atoms with Crippen LogP contribution in [0.1, 0.15) is 17.4 Å². The van der Waals surface area contributed by atoms with Gasteiger partial charge in [-0.1, -0.05) is 18.2 Å². The van der Waals surface area contributed by atoms with Crippen molar-refractivity contribution in [2.24, 2.45) is 0 Å². The van der Waals surface area contributed by atoms with Crippen LogP contribution in [0.5, 0.6) is 0 Å². The molecule has 102 valence electrons. The van der Waals surface area contributed by atoms with Crippen LogP contribution in [-0.4, -0.2) is 25.4 Å². The van der Waals surface area contributed by atoms with Gasteiger partial charge >= 0.3 is 0 Å². The minimum Gasteiger partial charge on any atom is -0.467 e. The first-order chi connectivity index (χ1) is 9.31. The fourth-order valence-electron chi connectivity index (χ4n) is 1.91. The molecule has 4 heteroatoms. The molecular weight excluding hydrogens is 242 g/mol. The first kappa shape index (κ1) is 13.6. The van der Waals surface area contributed by atoms with Crippen molar-refractivity contribution in [1.82, 2.24) is 0 Å². The lowest BCUT2D eigenvalue weighted by Crippen LogP contribution is -2.13. The van der Waals surface area contributed by atoms with Crippen molar-refractivity contribution in [3.63, 3.8) is 0 Å². The monoisotopic (exact) mass is 261 g/mol. The molecule has 0 fully saturated rings. The largest absolute Gasteiger partial charge is 0.467 e. The molecule has 1 aromatic carbocycles. The van der Waals surface area contributed by atoms with E-state index < -0.39 is 6.10 Å². The van der Waals surface area contributed by atoms with Crippen LogP contribution >= 0.6 is 0 Å². The third-order valence-electron chi connectivity index (χ3n) is 2.95. The summed E-state index contributed by atoms with van der Waals surface area (Å²) >= 11 is 0. The Labute approximate surface area is 113 Å². The molecule has 0 spiro atoms. The van der Waals surface area contributed by atoms with Crippen LogP contribution in [0.15, 0.2) is 47.1 Å². The lowest BCUT2D eigenvalue weighted by molar-refractivity contribution is 0.162. The second-order valence-corrected chi connectivity index (χ2v) is 4.31. The van der Waals surface area contributed by atoms with Crippen LogP contribution in [0.25, 0.3) is 0 Å². The normalized spacial score (nSPS) is 12.3. The summed E-state index contributed by atoms with van der Waals surface area (Å²) in [7, 11) is 1.69. The van der Waals surface area contributed by atoms with Crippen molar-refractivity contribution in [3.8, 4) is 0 Å². The van der Waals surface area contributed by atoms with Gasteiger partial charge in [0.15, 0.2) is 0 Å². The third kappa shape index (κ3) is 3.84. The number of methoxy groups -OCH3 is 1. The van der Waals surface area contributed by atoms with E-state index in [1.54, 1.807) is 25.5 Å². The maximum absolute atomic E-state index is 9.96. The second kappa shape index (κ2) is 6.97. The molecule has 2 rings (SSSR count). The van der Waals surface area contributed by atoms with E-state index in [9.17, 15) is 5.11 Å². The predicted octanol–water partition coefficient (Wildman–Crippen LogP) is 2.61. The second-order valence-electron chi connectivity index (χ2n) is 4.31. The smallest absolute Gasteiger partial charge is 0.134 e. The first-order valence-electron chi connectivity index (χ1n) is 6.33. The summed E-state index contributed by atoms with van der Waals surface area (Å²) in [6.45, 7) is 1.09. The number of aliphatic hydroxyl groups excluding tert-OH is 1. The summed E-state index contributed by atoms with van der Waals surface area (Å²) in [6.07, 6.45) is 1.76. The maximum atomic E-state index is 9.96. The Bertz CT molecular complexity index is 482. The zero-order chi connectivity index (χ0) is 13.5. The number of ether oxygens (including phenoxy) is 1. The summed E-state index contributed by atoms with van der Waals surface area (Å²) < 4.78 is 10.3. The summed E-state index contributed by atoms with van der Waals surface area (Å²) in [5.41, 5.74) is 2.20. The molecule has 0 saturated carbocycles. The Kier molecular flexibility index (Phi) is 5.01. The third-order valence-corrected chi connectivity index (χ3v) is 2.95. The van der Waals surface area contributed by atoms with Gasteiger partial charge in [-0.05, 0) is 30.2 Å². The van der Waals surface area contributed by atoms with Crippen molar-refractivity contribution < 1.29 is 14.3 Å². The van der Waals surface area contributed by atoms with E-state index in [4.69, 9.17) is 9.15 Å². The average Bonchev–Trinajstić information content (AvgIpc) is 2.97. The van der Waals surface area contributed by atoms with Gasteiger partial charge in [0.2, 0.25) is 0 Å². The molecule has 0 bridgehead atoms. The zero-order valence-electron chi connectivity index (χ0n) is 11.0. The number of hydrogen-bond acceptors (Lipinski definition) is 4. The van der Waals surface area contributed by atoms with Crippen LogP contribution in [0.2, 0.25) is 0 Å². The Hall–Kier alpha value is -1.78. The number of rotatable bonds is 7.